The van der Waals surface area contributed by atoms with Gasteiger partial charge in [-0.15, -0.1) is 0 Å². The molecule has 0 spiro atoms. The molecule has 4 nitrogen and oxygen atoms in total. The van der Waals surface area contributed by atoms with E-state index in [1.807, 2.05) is 25.1 Å². The fraction of sp³-hybridized carbons (Fsp3) is 0.188. The molecule has 0 aliphatic heterocycles. The molecule has 0 saturated heterocycles. The van der Waals surface area contributed by atoms with Crippen molar-refractivity contribution >= 4 is 28.9 Å². The van der Waals surface area contributed by atoms with Crippen molar-refractivity contribution < 1.29 is 4.79 Å². The minimum atomic E-state index is -0.241. The number of amides is 1. The van der Waals surface area contributed by atoms with Crippen molar-refractivity contribution in [1.29, 1.82) is 0 Å². The number of para-hydroxylation sites is 1. The van der Waals surface area contributed by atoms with Crippen LogP contribution in [0.15, 0.2) is 36.4 Å². The maximum Gasteiger partial charge on any atom is 0.257 e. The van der Waals surface area contributed by atoms with Crippen molar-refractivity contribution in [3.8, 4) is 0 Å². The molecule has 5 heteroatoms. The number of rotatable bonds is 4. The summed E-state index contributed by atoms with van der Waals surface area (Å²) in [6.45, 7) is 4.02. The predicted molar refractivity (Wildman–Crippen MR) is 87.8 cm³/mol. The summed E-state index contributed by atoms with van der Waals surface area (Å²) in [7, 11) is 0. The van der Waals surface area contributed by atoms with Gasteiger partial charge >= 0.3 is 0 Å². The highest BCUT2D eigenvalue weighted by molar-refractivity contribution is 6.31. The highest BCUT2D eigenvalue weighted by atomic mass is 35.5. The number of hydrogen-bond acceptors (Lipinski definition) is 3. The summed E-state index contributed by atoms with van der Waals surface area (Å²) >= 11 is 5.96. The SMILES string of the molecule is CCc1cccc(C)c1NC(=O)c1cc(Cl)ccc1NN. The van der Waals surface area contributed by atoms with Crippen LogP contribution in [0.4, 0.5) is 11.4 Å². The van der Waals surface area contributed by atoms with Gasteiger partial charge in [-0.25, -0.2) is 0 Å². The second-order valence-corrected chi connectivity index (χ2v) is 5.19. The number of nitrogen functional groups attached to an aromatic ring is 1. The van der Waals surface area contributed by atoms with Gasteiger partial charge in [-0.3, -0.25) is 10.6 Å². The first-order valence-corrected chi connectivity index (χ1v) is 7.10. The van der Waals surface area contributed by atoms with Crippen LogP contribution in [0, 0.1) is 6.92 Å². The Hall–Kier alpha value is -2.04. The molecule has 2 aromatic rings. The number of hydrazine groups is 1. The Balaban J connectivity index is 2.37. The third-order valence-electron chi connectivity index (χ3n) is 3.36. The lowest BCUT2D eigenvalue weighted by molar-refractivity contribution is 0.102. The first-order chi connectivity index (χ1) is 10.1. The van der Waals surface area contributed by atoms with E-state index in [9.17, 15) is 4.79 Å². The van der Waals surface area contributed by atoms with Gasteiger partial charge in [0.25, 0.3) is 5.91 Å². The molecule has 0 aromatic heterocycles. The summed E-state index contributed by atoms with van der Waals surface area (Å²) in [6, 6.07) is 10.9. The van der Waals surface area contributed by atoms with Gasteiger partial charge in [-0.2, -0.15) is 0 Å². The standard InChI is InChI=1S/C16H18ClN3O/c1-3-11-6-4-5-10(2)15(11)19-16(21)13-9-12(17)7-8-14(13)20-18/h4-9,20H,3,18H2,1-2H3,(H,19,21). The topological polar surface area (TPSA) is 67.2 Å². The number of benzene rings is 2. The predicted octanol–water partition coefficient (Wildman–Crippen LogP) is 3.75. The minimum Gasteiger partial charge on any atom is -0.323 e. The maximum atomic E-state index is 12.5. The van der Waals surface area contributed by atoms with E-state index in [0.29, 0.717) is 16.3 Å². The second kappa shape index (κ2) is 6.61. The van der Waals surface area contributed by atoms with E-state index in [2.05, 4.69) is 17.7 Å². The fourth-order valence-corrected chi connectivity index (χ4v) is 2.39. The number of nitrogens with two attached hydrogens (primary N) is 1. The van der Waals surface area contributed by atoms with Crippen LogP contribution in [0.25, 0.3) is 0 Å². The Morgan fingerprint density at radius 3 is 2.71 bits per heavy atom. The molecule has 0 aliphatic carbocycles. The van der Waals surface area contributed by atoms with Gasteiger partial charge in [0.1, 0.15) is 0 Å². The molecular weight excluding hydrogens is 286 g/mol. The first kappa shape index (κ1) is 15.4. The van der Waals surface area contributed by atoms with E-state index in [-0.39, 0.29) is 5.91 Å². The summed E-state index contributed by atoms with van der Waals surface area (Å²) in [5.74, 6) is 5.20. The second-order valence-electron chi connectivity index (χ2n) is 4.75. The zero-order valence-corrected chi connectivity index (χ0v) is 12.8. The molecular formula is C16H18ClN3O. The Morgan fingerprint density at radius 1 is 1.29 bits per heavy atom. The molecule has 0 atom stereocenters. The average Bonchev–Trinajstić information content (AvgIpc) is 2.49. The van der Waals surface area contributed by atoms with Crippen LogP contribution >= 0.6 is 11.6 Å². The highest BCUT2D eigenvalue weighted by Gasteiger charge is 2.14. The van der Waals surface area contributed by atoms with Crippen molar-refractivity contribution in [1.82, 2.24) is 0 Å². The minimum absolute atomic E-state index is 0.241. The Morgan fingerprint density at radius 2 is 2.05 bits per heavy atom. The largest absolute Gasteiger partial charge is 0.323 e. The summed E-state index contributed by atoms with van der Waals surface area (Å²) in [4.78, 5) is 12.5. The monoisotopic (exact) mass is 303 g/mol. The van der Waals surface area contributed by atoms with Gasteiger partial charge in [-0.1, -0.05) is 36.7 Å². The third kappa shape index (κ3) is 3.35. The molecule has 110 valence electrons. The lowest BCUT2D eigenvalue weighted by Gasteiger charge is -2.14. The van der Waals surface area contributed by atoms with Crippen LogP contribution in [0.2, 0.25) is 5.02 Å². The van der Waals surface area contributed by atoms with Crippen molar-refractivity contribution in [2.24, 2.45) is 5.84 Å². The van der Waals surface area contributed by atoms with Crippen molar-refractivity contribution in [3.63, 3.8) is 0 Å². The fourth-order valence-electron chi connectivity index (χ4n) is 2.21. The molecule has 0 heterocycles. The number of anilines is 2. The van der Waals surface area contributed by atoms with Gasteiger partial charge in [0, 0.05) is 10.7 Å². The highest BCUT2D eigenvalue weighted by Crippen LogP contribution is 2.25. The lowest BCUT2D eigenvalue weighted by Crippen LogP contribution is -2.18. The average molecular weight is 304 g/mol. The van der Waals surface area contributed by atoms with E-state index in [1.165, 1.54) is 0 Å². The number of carbonyl (C=O) groups is 1. The lowest BCUT2D eigenvalue weighted by atomic mass is 10.0. The van der Waals surface area contributed by atoms with Crippen LogP contribution in [0.1, 0.15) is 28.4 Å². The van der Waals surface area contributed by atoms with E-state index in [1.54, 1.807) is 18.2 Å². The molecule has 0 radical (unpaired) electrons. The van der Waals surface area contributed by atoms with Gasteiger partial charge in [0.05, 0.1) is 11.3 Å². The maximum absolute atomic E-state index is 12.5. The van der Waals surface area contributed by atoms with E-state index in [4.69, 9.17) is 17.4 Å². The third-order valence-corrected chi connectivity index (χ3v) is 3.60. The van der Waals surface area contributed by atoms with E-state index < -0.39 is 0 Å². The molecule has 0 bridgehead atoms. The van der Waals surface area contributed by atoms with Gasteiger partial charge in [0.15, 0.2) is 0 Å². The molecule has 1 amide bonds. The van der Waals surface area contributed by atoms with Gasteiger partial charge < -0.3 is 10.7 Å². The zero-order valence-electron chi connectivity index (χ0n) is 12.0. The number of hydrogen-bond donors (Lipinski definition) is 3. The van der Waals surface area contributed by atoms with Crippen LogP contribution in [-0.4, -0.2) is 5.91 Å². The van der Waals surface area contributed by atoms with Crippen LogP contribution < -0.4 is 16.6 Å². The van der Waals surface area contributed by atoms with Crippen molar-refractivity contribution in [2.75, 3.05) is 10.7 Å². The van der Waals surface area contributed by atoms with Crippen molar-refractivity contribution in [2.45, 2.75) is 20.3 Å². The van der Waals surface area contributed by atoms with E-state index in [0.717, 1.165) is 23.2 Å². The molecule has 2 aromatic carbocycles. The number of carbonyl (C=O) groups excluding carboxylic acids is 1. The molecule has 21 heavy (non-hydrogen) atoms. The molecule has 0 saturated carbocycles. The van der Waals surface area contributed by atoms with Crippen LogP contribution in [0.5, 0.6) is 0 Å². The summed E-state index contributed by atoms with van der Waals surface area (Å²) in [6.07, 6.45) is 0.842. The smallest absolute Gasteiger partial charge is 0.257 e. The summed E-state index contributed by atoms with van der Waals surface area (Å²) < 4.78 is 0. The summed E-state index contributed by atoms with van der Waals surface area (Å²) in [5, 5.41) is 3.44. The Kier molecular flexibility index (Phi) is 4.83. The molecule has 0 unspecified atom stereocenters. The number of nitrogens with one attached hydrogen (secondary N) is 2. The van der Waals surface area contributed by atoms with Gasteiger partial charge in [0.2, 0.25) is 0 Å². The van der Waals surface area contributed by atoms with Crippen LogP contribution in [0.3, 0.4) is 0 Å². The van der Waals surface area contributed by atoms with Gasteiger partial charge in [-0.05, 0) is 42.7 Å². The first-order valence-electron chi connectivity index (χ1n) is 6.72. The van der Waals surface area contributed by atoms with Crippen LogP contribution in [-0.2, 0) is 6.42 Å². The Bertz CT molecular complexity index is 671. The number of halogens is 1. The zero-order chi connectivity index (χ0) is 15.4. The number of aryl methyl sites for hydroxylation is 2. The quantitative estimate of drug-likeness (QED) is 0.595. The molecule has 0 aliphatic rings. The molecule has 4 N–H and O–H groups in total. The Labute approximate surface area is 129 Å². The normalized spacial score (nSPS) is 10.3. The molecule has 0 fully saturated rings. The molecule has 2 rings (SSSR count). The summed E-state index contributed by atoms with van der Waals surface area (Å²) in [5.41, 5.74) is 6.41. The van der Waals surface area contributed by atoms with E-state index >= 15 is 0 Å². The van der Waals surface area contributed by atoms with Crippen molar-refractivity contribution in [3.05, 3.63) is 58.1 Å².